The molecule has 12 heteroatoms. The molecule has 0 bridgehead atoms. The summed E-state index contributed by atoms with van der Waals surface area (Å²) in [5.41, 5.74) is -1.90. The Hall–Kier alpha value is -3.31. The fourth-order valence-electron chi connectivity index (χ4n) is 3.38. The van der Waals surface area contributed by atoms with Gasteiger partial charge in [0.15, 0.2) is 5.69 Å². The van der Waals surface area contributed by atoms with Crippen LogP contribution in [0.5, 0.6) is 0 Å². The predicted octanol–water partition coefficient (Wildman–Crippen LogP) is 4.51. The van der Waals surface area contributed by atoms with Crippen molar-refractivity contribution in [1.29, 1.82) is 0 Å². The van der Waals surface area contributed by atoms with Crippen molar-refractivity contribution < 1.29 is 31.1 Å². The number of hydrogen-bond donors (Lipinski definition) is 0. The molecule has 32 heavy (non-hydrogen) atoms. The van der Waals surface area contributed by atoms with Crippen molar-refractivity contribution in [1.82, 2.24) is 24.5 Å². The summed E-state index contributed by atoms with van der Waals surface area (Å²) in [6.07, 6.45) is -5.30. The highest BCUT2D eigenvalue weighted by Gasteiger charge is 2.38. The number of hydrogen-bond acceptors (Lipinski definition) is 3. The number of aromatic nitrogens is 4. The minimum Gasteiger partial charge on any atom is -0.331 e. The van der Waals surface area contributed by atoms with Crippen molar-refractivity contribution in [3.63, 3.8) is 0 Å². The van der Waals surface area contributed by atoms with Crippen LogP contribution in [0.3, 0.4) is 0 Å². The first-order chi connectivity index (χ1) is 15.1. The minimum atomic E-state index is -4.59. The maximum atomic E-state index is 14.4. The molecule has 0 saturated heterocycles. The fraction of sp³-hybridized carbons (Fsp3) is 0.350. The standard InChI is InChI=1S/C20H17F6N5O/c1-29-18(23)15(16(28-29)17(21)22)19(32)30(12-5-6-12)10-11-3-2-4-13(9-11)31-8-7-14(27-31)20(24,25)26/h2-4,7-9,12,17H,5-6,10H2,1H3. The second kappa shape index (κ2) is 7.99. The molecule has 0 N–H and O–H groups in total. The van der Waals surface area contributed by atoms with Crippen molar-refractivity contribution in [2.24, 2.45) is 7.05 Å². The van der Waals surface area contributed by atoms with E-state index in [-0.39, 0.29) is 12.6 Å². The van der Waals surface area contributed by atoms with Gasteiger partial charge >= 0.3 is 6.18 Å². The summed E-state index contributed by atoms with van der Waals surface area (Å²) in [7, 11) is 1.13. The van der Waals surface area contributed by atoms with Crippen LogP contribution in [-0.4, -0.2) is 36.4 Å². The van der Waals surface area contributed by atoms with E-state index in [1.807, 2.05) is 0 Å². The zero-order valence-corrected chi connectivity index (χ0v) is 16.7. The molecule has 0 aliphatic heterocycles. The number of halogens is 6. The third kappa shape index (κ3) is 4.21. The molecule has 6 nitrogen and oxygen atoms in total. The molecule has 2 aromatic heterocycles. The van der Waals surface area contributed by atoms with E-state index in [4.69, 9.17) is 0 Å². The molecule has 2 heterocycles. The smallest absolute Gasteiger partial charge is 0.331 e. The molecule has 4 rings (SSSR count). The largest absolute Gasteiger partial charge is 0.435 e. The van der Waals surface area contributed by atoms with Gasteiger partial charge in [-0.2, -0.15) is 27.8 Å². The maximum Gasteiger partial charge on any atom is 0.435 e. The van der Waals surface area contributed by atoms with E-state index in [0.717, 1.165) is 24.0 Å². The Morgan fingerprint density at radius 1 is 1.22 bits per heavy atom. The van der Waals surface area contributed by atoms with Crippen molar-refractivity contribution in [3.8, 4) is 5.69 Å². The lowest BCUT2D eigenvalue weighted by atomic mass is 10.1. The van der Waals surface area contributed by atoms with Gasteiger partial charge in [0.1, 0.15) is 11.3 Å². The molecule has 0 spiro atoms. The lowest BCUT2D eigenvalue weighted by molar-refractivity contribution is -0.141. The molecule has 1 saturated carbocycles. The highest BCUT2D eigenvalue weighted by molar-refractivity contribution is 5.96. The highest BCUT2D eigenvalue weighted by atomic mass is 19.4. The SMILES string of the molecule is Cn1nc(C(F)F)c(C(=O)N(Cc2cccc(-n3ccc(C(F)(F)F)n3)c2)C2CC2)c1F. The van der Waals surface area contributed by atoms with E-state index >= 15 is 0 Å². The molecule has 1 aromatic carbocycles. The normalized spacial score (nSPS) is 14.2. The van der Waals surface area contributed by atoms with Gasteiger partial charge in [0, 0.05) is 25.8 Å². The van der Waals surface area contributed by atoms with E-state index in [2.05, 4.69) is 10.2 Å². The van der Waals surface area contributed by atoms with E-state index in [0.29, 0.717) is 28.8 Å². The van der Waals surface area contributed by atoms with Gasteiger partial charge in [-0.25, -0.2) is 18.1 Å². The number of rotatable bonds is 6. The summed E-state index contributed by atoms with van der Waals surface area (Å²) in [6.45, 7) is -0.0399. The van der Waals surface area contributed by atoms with Crippen LogP contribution in [0.15, 0.2) is 36.5 Å². The van der Waals surface area contributed by atoms with Gasteiger partial charge in [0.25, 0.3) is 12.3 Å². The molecule has 1 aliphatic carbocycles. The van der Waals surface area contributed by atoms with Crippen molar-refractivity contribution >= 4 is 5.91 Å². The van der Waals surface area contributed by atoms with Crippen LogP contribution in [0.4, 0.5) is 26.3 Å². The summed E-state index contributed by atoms with van der Waals surface area (Å²) in [5.74, 6) is -2.06. The summed E-state index contributed by atoms with van der Waals surface area (Å²) >= 11 is 0. The highest BCUT2D eigenvalue weighted by Crippen LogP contribution is 2.33. The van der Waals surface area contributed by atoms with Crippen LogP contribution in [0.1, 0.15) is 46.6 Å². The number of aryl methyl sites for hydroxylation is 1. The lowest BCUT2D eigenvalue weighted by Gasteiger charge is -2.23. The molecular weight excluding hydrogens is 440 g/mol. The maximum absolute atomic E-state index is 14.4. The number of alkyl halides is 5. The van der Waals surface area contributed by atoms with E-state index in [1.54, 1.807) is 12.1 Å². The Morgan fingerprint density at radius 2 is 1.94 bits per heavy atom. The van der Waals surface area contributed by atoms with Crippen molar-refractivity contribution in [3.05, 3.63) is 65.0 Å². The van der Waals surface area contributed by atoms with Gasteiger partial charge in [-0.1, -0.05) is 12.1 Å². The Kier molecular flexibility index (Phi) is 5.47. The molecule has 1 fully saturated rings. The zero-order chi connectivity index (χ0) is 23.2. The predicted molar refractivity (Wildman–Crippen MR) is 99.6 cm³/mol. The van der Waals surface area contributed by atoms with Crippen LogP contribution in [0, 0.1) is 5.95 Å². The van der Waals surface area contributed by atoms with Crippen molar-refractivity contribution in [2.45, 2.75) is 38.0 Å². The molecule has 0 radical (unpaired) electrons. The second-order valence-corrected chi connectivity index (χ2v) is 7.45. The van der Waals surface area contributed by atoms with Crippen LogP contribution >= 0.6 is 0 Å². The van der Waals surface area contributed by atoms with Gasteiger partial charge in [-0.15, -0.1) is 0 Å². The Morgan fingerprint density at radius 3 is 2.53 bits per heavy atom. The van der Waals surface area contributed by atoms with Gasteiger partial charge in [0.2, 0.25) is 5.95 Å². The first kappa shape index (κ1) is 21.9. The van der Waals surface area contributed by atoms with Crippen LogP contribution in [0.25, 0.3) is 5.69 Å². The lowest BCUT2D eigenvalue weighted by Crippen LogP contribution is -2.33. The van der Waals surface area contributed by atoms with Gasteiger partial charge in [-0.3, -0.25) is 4.79 Å². The molecular formula is C20H17F6N5O. The zero-order valence-electron chi connectivity index (χ0n) is 16.7. The van der Waals surface area contributed by atoms with Gasteiger partial charge in [-0.05, 0) is 36.6 Å². The van der Waals surface area contributed by atoms with Crippen LogP contribution < -0.4 is 0 Å². The van der Waals surface area contributed by atoms with Gasteiger partial charge < -0.3 is 4.90 Å². The second-order valence-electron chi connectivity index (χ2n) is 7.45. The Bertz CT molecular complexity index is 1150. The average molecular weight is 457 g/mol. The van der Waals surface area contributed by atoms with E-state index in [1.165, 1.54) is 17.0 Å². The fourth-order valence-corrected chi connectivity index (χ4v) is 3.38. The Labute approximate surface area is 178 Å². The van der Waals surface area contributed by atoms with Crippen molar-refractivity contribution in [2.75, 3.05) is 0 Å². The van der Waals surface area contributed by atoms with Crippen LogP contribution in [0.2, 0.25) is 0 Å². The minimum absolute atomic E-state index is 0.0399. The topological polar surface area (TPSA) is 56.0 Å². The Balaban J connectivity index is 1.62. The summed E-state index contributed by atoms with van der Waals surface area (Å²) in [5, 5.41) is 6.93. The number of carbonyl (C=O) groups is 1. The summed E-state index contributed by atoms with van der Waals surface area (Å²) in [4.78, 5) is 14.3. The molecule has 3 aromatic rings. The monoisotopic (exact) mass is 457 g/mol. The summed E-state index contributed by atoms with van der Waals surface area (Å²) < 4.78 is 81.2. The average Bonchev–Trinajstić information content (AvgIpc) is 3.34. The van der Waals surface area contributed by atoms with Crippen LogP contribution in [-0.2, 0) is 19.8 Å². The number of carbonyl (C=O) groups excluding carboxylic acids is 1. The molecule has 1 aliphatic rings. The number of amides is 1. The molecule has 170 valence electrons. The number of benzene rings is 1. The van der Waals surface area contributed by atoms with E-state index in [9.17, 15) is 31.1 Å². The first-order valence-electron chi connectivity index (χ1n) is 9.60. The molecule has 0 atom stereocenters. The third-order valence-corrected chi connectivity index (χ3v) is 5.08. The third-order valence-electron chi connectivity index (χ3n) is 5.08. The molecule has 1 amide bonds. The summed E-state index contributed by atoms with van der Waals surface area (Å²) in [6, 6.07) is 6.86. The quantitative estimate of drug-likeness (QED) is 0.512. The molecule has 0 unspecified atom stereocenters. The number of nitrogens with zero attached hydrogens (tertiary/aromatic N) is 5. The van der Waals surface area contributed by atoms with Gasteiger partial charge in [0.05, 0.1) is 5.69 Å². The first-order valence-corrected chi connectivity index (χ1v) is 9.60. The van der Waals surface area contributed by atoms with E-state index < -0.39 is 41.4 Å².